The zero-order valence-corrected chi connectivity index (χ0v) is 8.55. The van der Waals surface area contributed by atoms with Crippen molar-refractivity contribution in [3.63, 3.8) is 0 Å². The van der Waals surface area contributed by atoms with E-state index in [2.05, 4.69) is 26.0 Å². The highest BCUT2D eigenvalue weighted by Gasteiger charge is 2.12. The van der Waals surface area contributed by atoms with Crippen LogP contribution in [0.5, 0.6) is 0 Å². The number of rotatable bonds is 1. The summed E-state index contributed by atoms with van der Waals surface area (Å²) in [6.07, 6.45) is 13.1. The van der Waals surface area contributed by atoms with Crippen molar-refractivity contribution in [1.29, 1.82) is 0 Å². The molecule has 0 amide bonds. The summed E-state index contributed by atoms with van der Waals surface area (Å²) in [4.78, 5) is 0. The van der Waals surface area contributed by atoms with Crippen LogP contribution in [0.3, 0.4) is 0 Å². The van der Waals surface area contributed by atoms with Gasteiger partial charge in [0.25, 0.3) is 0 Å². The molecule has 0 heteroatoms. The summed E-state index contributed by atoms with van der Waals surface area (Å²) in [7, 11) is 0. The molecule has 1 aliphatic carbocycles. The number of hydrogen-bond donors (Lipinski definition) is 0. The Morgan fingerprint density at radius 1 is 1.00 bits per heavy atom. The molecule has 0 radical (unpaired) electrons. The van der Waals surface area contributed by atoms with E-state index < -0.39 is 0 Å². The van der Waals surface area contributed by atoms with E-state index in [0.717, 1.165) is 11.8 Å². The minimum absolute atomic E-state index is 0.886. The second kappa shape index (κ2) is 5.40. The van der Waals surface area contributed by atoms with Gasteiger partial charge in [0.05, 0.1) is 0 Å². The lowest BCUT2D eigenvalue weighted by atomic mass is 9.87. The van der Waals surface area contributed by atoms with Gasteiger partial charge in [0.2, 0.25) is 0 Å². The van der Waals surface area contributed by atoms with Gasteiger partial charge in [0.15, 0.2) is 0 Å². The van der Waals surface area contributed by atoms with Crippen LogP contribution in [-0.4, -0.2) is 0 Å². The first kappa shape index (κ1) is 9.83. The van der Waals surface area contributed by atoms with Crippen LogP contribution in [0.15, 0.2) is 12.2 Å². The molecule has 0 aromatic heterocycles. The lowest BCUT2D eigenvalue weighted by Gasteiger charge is -2.19. The van der Waals surface area contributed by atoms with Gasteiger partial charge in [0.1, 0.15) is 0 Å². The van der Waals surface area contributed by atoms with E-state index in [9.17, 15) is 0 Å². The van der Waals surface area contributed by atoms with Crippen LogP contribution < -0.4 is 0 Å². The van der Waals surface area contributed by atoms with Gasteiger partial charge in [-0.05, 0) is 37.5 Å². The first-order chi connectivity index (χ1) is 5.80. The van der Waals surface area contributed by atoms with E-state index in [1.165, 1.54) is 38.5 Å². The molecule has 0 nitrogen and oxygen atoms in total. The van der Waals surface area contributed by atoms with Crippen molar-refractivity contribution in [2.45, 2.75) is 52.4 Å². The van der Waals surface area contributed by atoms with Crippen LogP contribution in [0.25, 0.3) is 0 Å². The molecule has 0 aromatic carbocycles. The highest BCUT2D eigenvalue weighted by molar-refractivity contribution is 4.84. The lowest BCUT2D eigenvalue weighted by molar-refractivity contribution is 0.330. The second-order valence-corrected chi connectivity index (χ2v) is 4.34. The molecule has 1 aliphatic rings. The third-order valence-corrected chi connectivity index (χ3v) is 3.01. The zero-order valence-electron chi connectivity index (χ0n) is 8.55. The summed E-state index contributed by atoms with van der Waals surface area (Å²) in [6.45, 7) is 4.73. The molecule has 0 saturated heterocycles. The van der Waals surface area contributed by atoms with Gasteiger partial charge in [-0.15, -0.1) is 0 Å². The van der Waals surface area contributed by atoms with Gasteiger partial charge in [0, 0.05) is 0 Å². The van der Waals surface area contributed by atoms with Crippen LogP contribution in [0, 0.1) is 11.8 Å². The van der Waals surface area contributed by atoms with Crippen molar-refractivity contribution >= 4 is 0 Å². The summed E-state index contributed by atoms with van der Waals surface area (Å²) in [6, 6.07) is 0. The van der Waals surface area contributed by atoms with Gasteiger partial charge < -0.3 is 0 Å². The summed E-state index contributed by atoms with van der Waals surface area (Å²) < 4.78 is 0. The molecule has 0 N–H and O–H groups in total. The van der Waals surface area contributed by atoms with E-state index in [-0.39, 0.29) is 0 Å². The highest BCUT2D eigenvalue weighted by atomic mass is 14.2. The summed E-state index contributed by atoms with van der Waals surface area (Å²) in [5.41, 5.74) is 0. The maximum atomic E-state index is 2.38. The molecule has 70 valence electrons. The molecule has 0 heterocycles. The van der Waals surface area contributed by atoms with Gasteiger partial charge in [-0.25, -0.2) is 0 Å². The molecule has 0 saturated carbocycles. The van der Waals surface area contributed by atoms with Crippen molar-refractivity contribution in [2.24, 2.45) is 11.8 Å². The molecule has 1 rings (SSSR count). The molecule has 1 unspecified atom stereocenters. The van der Waals surface area contributed by atoms with Crippen molar-refractivity contribution in [1.82, 2.24) is 0 Å². The fraction of sp³-hybridized carbons (Fsp3) is 0.833. The zero-order chi connectivity index (χ0) is 8.81. The largest absolute Gasteiger partial charge is 0.0885 e. The van der Waals surface area contributed by atoms with Gasteiger partial charge in [-0.3, -0.25) is 0 Å². The minimum Gasteiger partial charge on any atom is -0.0885 e. The van der Waals surface area contributed by atoms with Crippen LogP contribution in [0.4, 0.5) is 0 Å². The van der Waals surface area contributed by atoms with Crippen LogP contribution in [0.2, 0.25) is 0 Å². The fourth-order valence-corrected chi connectivity index (χ4v) is 2.03. The maximum Gasteiger partial charge on any atom is -0.0348 e. The summed E-state index contributed by atoms with van der Waals surface area (Å²) in [5, 5.41) is 0. The lowest BCUT2D eigenvalue weighted by Crippen LogP contribution is -2.07. The average molecular weight is 166 g/mol. The Morgan fingerprint density at radius 3 is 2.50 bits per heavy atom. The third kappa shape index (κ3) is 3.42. The summed E-state index contributed by atoms with van der Waals surface area (Å²) in [5.74, 6) is 1.87. The molecule has 0 aliphatic heterocycles. The van der Waals surface area contributed by atoms with Crippen molar-refractivity contribution in [3.05, 3.63) is 12.2 Å². The number of allylic oxidation sites excluding steroid dienone is 2. The SMILES string of the molecule is CC(C)C1CC/C=C\CCCC1. The quantitative estimate of drug-likeness (QED) is 0.513. The molecule has 0 fully saturated rings. The fourth-order valence-electron chi connectivity index (χ4n) is 2.03. The Hall–Kier alpha value is -0.260. The predicted molar refractivity (Wildman–Crippen MR) is 55.2 cm³/mol. The van der Waals surface area contributed by atoms with Crippen LogP contribution in [-0.2, 0) is 0 Å². The average Bonchev–Trinajstić information content (AvgIpc) is 2.15. The van der Waals surface area contributed by atoms with Gasteiger partial charge in [-0.2, -0.15) is 0 Å². The molecular weight excluding hydrogens is 144 g/mol. The summed E-state index contributed by atoms with van der Waals surface area (Å²) >= 11 is 0. The van der Waals surface area contributed by atoms with E-state index in [1.54, 1.807) is 0 Å². The topological polar surface area (TPSA) is 0 Å². The number of hydrogen-bond acceptors (Lipinski definition) is 0. The minimum atomic E-state index is 0.886. The second-order valence-electron chi connectivity index (χ2n) is 4.34. The Labute approximate surface area is 77.1 Å². The Balaban J connectivity index is 2.36. The van der Waals surface area contributed by atoms with E-state index in [0.29, 0.717) is 0 Å². The van der Waals surface area contributed by atoms with Crippen molar-refractivity contribution in [2.75, 3.05) is 0 Å². The van der Waals surface area contributed by atoms with Crippen LogP contribution in [0.1, 0.15) is 52.4 Å². The monoisotopic (exact) mass is 166 g/mol. The molecular formula is C12H22. The first-order valence-corrected chi connectivity index (χ1v) is 5.45. The van der Waals surface area contributed by atoms with Crippen LogP contribution >= 0.6 is 0 Å². The maximum absolute atomic E-state index is 2.38. The highest BCUT2D eigenvalue weighted by Crippen LogP contribution is 2.25. The van der Waals surface area contributed by atoms with Gasteiger partial charge in [-0.1, -0.05) is 38.8 Å². The first-order valence-electron chi connectivity index (χ1n) is 5.45. The van der Waals surface area contributed by atoms with E-state index in [1.807, 2.05) is 0 Å². The van der Waals surface area contributed by atoms with Gasteiger partial charge >= 0.3 is 0 Å². The molecule has 0 aromatic rings. The molecule has 0 spiro atoms. The smallest absolute Gasteiger partial charge is 0.0348 e. The normalized spacial score (nSPS) is 29.1. The van der Waals surface area contributed by atoms with E-state index >= 15 is 0 Å². The molecule has 12 heavy (non-hydrogen) atoms. The predicted octanol–water partition coefficient (Wildman–Crippen LogP) is 4.17. The Bertz CT molecular complexity index is 133. The Morgan fingerprint density at radius 2 is 1.75 bits per heavy atom. The Kier molecular flexibility index (Phi) is 4.42. The van der Waals surface area contributed by atoms with Crippen molar-refractivity contribution < 1.29 is 0 Å². The molecule has 1 atom stereocenters. The molecule has 0 bridgehead atoms. The third-order valence-electron chi connectivity index (χ3n) is 3.01. The standard InChI is InChI=1S/C12H22/c1-11(2)12-9-7-5-3-4-6-8-10-12/h3,5,11-12H,4,6-10H2,1-2H3/b5-3-. The van der Waals surface area contributed by atoms with E-state index in [4.69, 9.17) is 0 Å². The van der Waals surface area contributed by atoms with Crippen molar-refractivity contribution in [3.8, 4) is 0 Å².